The summed E-state index contributed by atoms with van der Waals surface area (Å²) in [6, 6.07) is 4.74. The minimum absolute atomic E-state index is 0.124. The van der Waals surface area contributed by atoms with Crippen LogP contribution in [0, 0.1) is 10.1 Å². The summed E-state index contributed by atoms with van der Waals surface area (Å²) in [5.74, 6) is 0.764. The Bertz CT molecular complexity index is 398. The van der Waals surface area contributed by atoms with Gasteiger partial charge in [-0.25, -0.2) is 0 Å². The molecule has 74 valence electrons. The average Bonchev–Trinajstić information content (AvgIpc) is 2.42. The van der Waals surface area contributed by atoms with Crippen molar-refractivity contribution in [3.8, 4) is 5.75 Å². The van der Waals surface area contributed by atoms with Crippen molar-refractivity contribution in [2.45, 2.75) is 19.3 Å². The number of fused-ring (bicyclic) bond motifs is 1. The Kier molecular flexibility index (Phi) is 1.74. The highest BCUT2D eigenvalue weighted by Crippen LogP contribution is 2.39. The van der Waals surface area contributed by atoms with Gasteiger partial charge < -0.3 is 4.74 Å². The molecule has 0 saturated carbocycles. The van der Waals surface area contributed by atoms with Gasteiger partial charge >= 0.3 is 0 Å². The largest absolute Gasteiger partial charge is 0.492 e. The van der Waals surface area contributed by atoms with Crippen molar-refractivity contribution in [1.82, 2.24) is 0 Å². The van der Waals surface area contributed by atoms with Crippen LogP contribution in [0.1, 0.15) is 19.4 Å². The van der Waals surface area contributed by atoms with Crippen LogP contribution >= 0.6 is 0 Å². The van der Waals surface area contributed by atoms with E-state index in [1.165, 1.54) is 6.07 Å². The van der Waals surface area contributed by atoms with Crippen molar-refractivity contribution in [2.24, 2.45) is 0 Å². The Balaban J connectivity index is 2.53. The lowest BCUT2D eigenvalue weighted by Gasteiger charge is -2.14. The fourth-order valence-corrected chi connectivity index (χ4v) is 1.62. The molecule has 14 heavy (non-hydrogen) atoms. The van der Waals surface area contributed by atoms with Crippen LogP contribution in [0.25, 0.3) is 0 Å². The maximum atomic E-state index is 10.6. The van der Waals surface area contributed by atoms with E-state index >= 15 is 0 Å². The smallest absolute Gasteiger partial charge is 0.269 e. The van der Waals surface area contributed by atoms with Crippen molar-refractivity contribution in [3.05, 3.63) is 33.9 Å². The number of non-ortho nitro benzene ring substituents is 1. The Morgan fingerprint density at radius 3 is 2.86 bits per heavy atom. The summed E-state index contributed by atoms with van der Waals surface area (Å²) in [5.41, 5.74) is 0.926. The molecule has 0 bridgehead atoms. The summed E-state index contributed by atoms with van der Waals surface area (Å²) in [7, 11) is 0. The lowest BCUT2D eigenvalue weighted by Crippen LogP contribution is -2.18. The first-order valence-corrected chi connectivity index (χ1v) is 4.42. The van der Waals surface area contributed by atoms with Crippen molar-refractivity contribution in [2.75, 3.05) is 6.61 Å². The zero-order valence-corrected chi connectivity index (χ0v) is 8.11. The van der Waals surface area contributed by atoms with Crippen molar-refractivity contribution in [1.29, 1.82) is 0 Å². The Morgan fingerprint density at radius 1 is 1.50 bits per heavy atom. The zero-order chi connectivity index (χ0) is 10.3. The Hall–Kier alpha value is -1.58. The van der Waals surface area contributed by atoms with Gasteiger partial charge in [0.25, 0.3) is 5.69 Å². The van der Waals surface area contributed by atoms with E-state index in [0.29, 0.717) is 6.61 Å². The molecule has 0 aromatic heterocycles. The van der Waals surface area contributed by atoms with Gasteiger partial charge in [-0.1, -0.05) is 13.8 Å². The van der Waals surface area contributed by atoms with E-state index in [2.05, 4.69) is 0 Å². The van der Waals surface area contributed by atoms with Gasteiger partial charge in [-0.15, -0.1) is 0 Å². The molecule has 0 unspecified atom stereocenters. The topological polar surface area (TPSA) is 52.4 Å². The van der Waals surface area contributed by atoms with Crippen LogP contribution in [0.4, 0.5) is 5.69 Å². The summed E-state index contributed by atoms with van der Waals surface area (Å²) in [4.78, 5) is 10.2. The molecule has 1 aromatic carbocycles. The molecule has 0 atom stereocenters. The van der Waals surface area contributed by atoms with E-state index in [0.717, 1.165) is 11.3 Å². The van der Waals surface area contributed by atoms with Crippen LogP contribution in [-0.2, 0) is 5.41 Å². The molecule has 1 aliphatic rings. The summed E-state index contributed by atoms with van der Waals surface area (Å²) in [6.07, 6.45) is 0. The molecule has 4 nitrogen and oxygen atoms in total. The molecule has 2 rings (SSSR count). The number of nitrogens with zero attached hydrogens (tertiary/aromatic N) is 1. The van der Waals surface area contributed by atoms with Gasteiger partial charge in [-0.3, -0.25) is 10.1 Å². The molecule has 0 amide bonds. The van der Waals surface area contributed by atoms with Gasteiger partial charge in [0, 0.05) is 23.1 Å². The third-order valence-electron chi connectivity index (χ3n) is 2.49. The van der Waals surface area contributed by atoms with Gasteiger partial charge in [0.05, 0.1) is 11.5 Å². The Morgan fingerprint density at radius 2 is 2.21 bits per heavy atom. The number of hydrogen-bond acceptors (Lipinski definition) is 3. The molecule has 0 saturated heterocycles. The maximum Gasteiger partial charge on any atom is 0.269 e. The molecular formula is C10H11NO3. The van der Waals surface area contributed by atoms with E-state index in [1.54, 1.807) is 12.1 Å². The van der Waals surface area contributed by atoms with E-state index in [9.17, 15) is 10.1 Å². The number of nitro groups is 1. The van der Waals surface area contributed by atoms with E-state index < -0.39 is 0 Å². The molecule has 1 heterocycles. The van der Waals surface area contributed by atoms with Crippen molar-refractivity contribution < 1.29 is 9.66 Å². The van der Waals surface area contributed by atoms with E-state index in [4.69, 9.17) is 4.74 Å². The molecule has 1 aromatic rings. The first-order chi connectivity index (χ1) is 6.50. The van der Waals surface area contributed by atoms with E-state index in [-0.39, 0.29) is 16.0 Å². The van der Waals surface area contributed by atoms with Crippen LogP contribution in [0.15, 0.2) is 18.2 Å². The predicted octanol–water partition coefficient (Wildman–Crippen LogP) is 2.26. The van der Waals surface area contributed by atoms with Crippen LogP contribution in [0.5, 0.6) is 5.75 Å². The van der Waals surface area contributed by atoms with Crippen LogP contribution in [0.2, 0.25) is 0 Å². The molecule has 0 aliphatic carbocycles. The fourth-order valence-electron chi connectivity index (χ4n) is 1.62. The minimum Gasteiger partial charge on any atom is -0.492 e. The van der Waals surface area contributed by atoms with Gasteiger partial charge in [0.15, 0.2) is 0 Å². The first kappa shape index (κ1) is 8.99. The van der Waals surface area contributed by atoms with Crippen LogP contribution < -0.4 is 4.74 Å². The quantitative estimate of drug-likeness (QED) is 0.507. The SMILES string of the molecule is CC1(C)COc2ccc([N+](=O)[O-])cc21. The van der Waals surface area contributed by atoms with Crippen LogP contribution in [-0.4, -0.2) is 11.5 Å². The molecule has 0 fully saturated rings. The fraction of sp³-hybridized carbons (Fsp3) is 0.400. The third kappa shape index (κ3) is 1.23. The molecular weight excluding hydrogens is 182 g/mol. The van der Waals surface area contributed by atoms with Gasteiger partial charge in [-0.2, -0.15) is 0 Å². The first-order valence-electron chi connectivity index (χ1n) is 4.42. The maximum absolute atomic E-state index is 10.6. The summed E-state index contributed by atoms with van der Waals surface area (Å²) < 4.78 is 5.43. The number of ether oxygens (including phenoxy) is 1. The van der Waals surface area contributed by atoms with Gasteiger partial charge in [-0.05, 0) is 6.07 Å². The third-order valence-corrected chi connectivity index (χ3v) is 2.49. The predicted molar refractivity (Wildman–Crippen MR) is 51.6 cm³/mol. The lowest BCUT2D eigenvalue weighted by atomic mass is 9.87. The number of nitro benzene ring substituents is 1. The van der Waals surface area contributed by atoms with Gasteiger partial charge in [0.2, 0.25) is 0 Å². The number of benzene rings is 1. The van der Waals surface area contributed by atoms with E-state index in [1.807, 2.05) is 13.8 Å². The summed E-state index contributed by atoms with van der Waals surface area (Å²) >= 11 is 0. The Labute approximate surface area is 81.7 Å². The number of rotatable bonds is 1. The highest BCUT2D eigenvalue weighted by atomic mass is 16.6. The normalized spacial score (nSPS) is 17.3. The molecule has 0 spiro atoms. The van der Waals surface area contributed by atoms with Crippen molar-refractivity contribution in [3.63, 3.8) is 0 Å². The monoisotopic (exact) mass is 193 g/mol. The highest BCUT2D eigenvalue weighted by molar-refractivity contribution is 5.49. The molecule has 0 N–H and O–H groups in total. The van der Waals surface area contributed by atoms with Crippen LogP contribution in [0.3, 0.4) is 0 Å². The zero-order valence-electron chi connectivity index (χ0n) is 8.11. The second kappa shape index (κ2) is 2.70. The van der Waals surface area contributed by atoms with Gasteiger partial charge in [0.1, 0.15) is 5.75 Å². The molecule has 1 aliphatic heterocycles. The second-order valence-corrected chi connectivity index (χ2v) is 4.11. The second-order valence-electron chi connectivity index (χ2n) is 4.11. The van der Waals surface area contributed by atoms with Crippen molar-refractivity contribution >= 4 is 5.69 Å². The standard InChI is InChI=1S/C10H11NO3/c1-10(2)6-14-9-4-3-7(11(12)13)5-8(9)10/h3-5H,6H2,1-2H3. The number of hydrogen-bond donors (Lipinski definition) is 0. The lowest BCUT2D eigenvalue weighted by molar-refractivity contribution is -0.384. The summed E-state index contributed by atoms with van der Waals surface area (Å²) in [6.45, 7) is 4.62. The highest BCUT2D eigenvalue weighted by Gasteiger charge is 2.33. The molecule has 0 radical (unpaired) electrons. The minimum atomic E-state index is -0.380. The molecule has 4 heteroatoms. The summed E-state index contributed by atoms with van der Waals surface area (Å²) in [5, 5.41) is 10.6. The average molecular weight is 193 g/mol.